The Morgan fingerprint density at radius 2 is 2.17 bits per heavy atom. The summed E-state index contributed by atoms with van der Waals surface area (Å²) in [6.07, 6.45) is 0. The molecule has 0 saturated heterocycles. The summed E-state index contributed by atoms with van der Waals surface area (Å²) >= 11 is 7.76. The normalized spacial score (nSPS) is 12.4. The van der Waals surface area contributed by atoms with E-state index in [1.807, 2.05) is 18.2 Å². The third-order valence-electron chi connectivity index (χ3n) is 2.79. The van der Waals surface area contributed by atoms with Crippen LogP contribution in [0.1, 0.15) is 24.1 Å². The second kappa shape index (κ2) is 6.23. The molecule has 0 aliphatic rings. The Kier molecular flexibility index (Phi) is 4.64. The van der Waals surface area contributed by atoms with Crippen molar-refractivity contribution in [2.24, 2.45) is 0 Å². The summed E-state index contributed by atoms with van der Waals surface area (Å²) in [5.74, 6) is 0.715. The first-order valence-corrected chi connectivity index (χ1v) is 7.17. The Bertz CT molecular complexity index is 499. The molecule has 0 saturated carbocycles. The Balaban J connectivity index is 2.36. The summed E-state index contributed by atoms with van der Waals surface area (Å²) in [5.41, 5.74) is 2.43. The van der Waals surface area contributed by atoms with E-state index in [2.05, 4.69) is 29.1 Å². The van der Waals surface area contributed by atoms with Gasteiger partial charge in [-0.05, 0) is 46.6 Å². The molecule has 0 aliphatic carbocycles. The van der Waals surface area contributed by atoms with E-state index in [1.165, 1.54) is 5.56 Å². The summed E-state index contributed by atoms with van der Waals surface area (Å²) < 4.78 is 5.27. The SMILES string of the molecule is CCNC(c1ccsc1)c1ccc(Cl)c(OC)c1. The van der Waals surface area contributed by atoms with Crippen LogP contribution >= 0.6 is 22.9 Å². The van der Waals surface area contributed by atoms with Crippen LogP contribution in [-0.4, -0.2) is 13.7 Å². The van der Waals surface area contributed by atoms with Gasteiger partial charge in [0.25, 0.3) is 0 Å². The zero-order valence-corrected chi connectivity index (χ0v) is 12.0. The standard InChI is InChI=1S/C14H16ClNOS/c1-3-16-14(11-6-7-18-9-11)10-4-5-12(15)13(8-10)17-2/h4-9,14,16H,3H2,1-2H3. The van der Waals surface area contributed by atoms with Crippen molar-refractivity contribution in [3.05, 3.63) is 51.2 Å². The molecule has 1 unspecified atom stereocenters. The Hall–Kier alpha value is -1.03. The van der Waals surface area contributed by atoms with E-state index >= 15 is 0 Å². The predicted molar refractivity (Wildman–Crippen MR) is 77.8 cm³/mol. The van der Waals surface area contributed by atoms with Crippen molar-refractivity contribution in [2.45, 2.75) is 13.0 Å². The molecule has 0 spiro atoms. The highest BCUT2D eigenvalue weighted by molar-refractivity contribution is 7.08. The maximum absolute atomic E-state index is 6.06. The number of rotatable bonds is 5. The van der Waals surface area contributed by atoms with Crippen molar-refractivity contribution in [1.82, 2.24) is 5.32 Å². The number of hydrogen-bond acceptors (Lipinski definition) is 3. The van der Waals surface area contributed by atoms with Gasteiger partial charge < -0.3 is 10.1 Å². The van der Waals surface area contributed by atoms with Crippen molar-refractivity contribution >= 4 is 22.9 Å². The van der Waals surface area contributed by atoms with Crippen molar-refractivity contribution in [1.29, 1.82) is 0 Å². The molecule has 1 aromatic carbocycles. The zero-order valence-electron chi connectivity index (χ0n) is 10.4. The van der Waals surface area contributed by atoms with Crippen molar-refractivity contribution < 1.29 is 4.74 Å². The number of thiophene rings is 1. The van der Waals surface area contributed by atoms with Gasteiger partial charge >= 0.3 is 0 Å². The number of halogens is 1. The molecular formula is C14H16ClNOS. The monoisotopic (exact) mass is 281 g/mol. The van der Waals surface area contributed by atoms with Gasteiger partial charge in [-0.15, -0.1) is 0 Å². The van der Waals surface area contributed by atoms with Crippen molar-refractivity contribution in [3.63, 3.8) is 0 Å². The molecule has 2 nitrogen and oxygen atoms in total. The molecule has 4 heteroatoms. The molecule has 1 atom stereocenters. The van der Waals surface area contributed by atoms with Crippen LogP contribution in [0.3, 0.4) is 0 Å². The first-order chi connectivity index (χ1) is 8.76. The van der Waals surface area contributed by atoms with E-state index in [1.54, 1.807) is 18.4 Å². The molecule has 0 fully saturated rings. The van der Waals surface area contributed by atoms with Gasteiger partial charge in [0.05, 0.1) is 18.2 Å². The van der Waals surface area contributed by atoms with Crippen LogP contribution in [0, 0.1) is 0 Å². The highest BCUT2D eigenvalue weighted by atomic mass is 35.5. The fourth-order valence-electron chi connectivity index (χ4n) is 1.93. The van der Waals surface area contributed by atoms with E-state index in [9.17, 15) is 0 Å². The third-order valence-corrected chi connectivity index (χ3v) is 3.81. The Morgan fingerprint density at radius 1 is 1.33 bits per heavy atom. The fraction of sp³-hybridized carbons (Fsp3) is 0.286. The summed E-state index contributed by atoms with van der Waals surface area (Å²) in [5, 5.41) is 8.37. The quantitative estimate of drug-likeness (QED) is 0.890. The lowest BCUT2D eigenvalue weighted by Crippen LogP contribution is -2.21. The lowest BCUT2D eigenvalue weighted by Gasteiger charge is -2.18. The van der Waals surface area contributed by atoms with Crippen molar-refractivity contribution in [2.75, 3.05) is 13.7 Å². The largest absolute Gasteiger partial charge is 0.495 e. The molecule has 2 aromatic rings. The molecule has 1 N–H and O–H groups in total. The predicted octanol–water partition coefficient (Wildman–Crippen LogP) is 4.11. The molecule has 0 radical (unpaired) electrons. The lowest BCUT2D eigenvalue weighted by molar-refractivity contribution is 0.414. The van der Waals surface area contributed by atoms with Gasteiger partial charge in [-0.1, -0.05) is 24.6 Å². The number of methoxy groups -OCH3 is 1. The van der Waals surface area contributed by atoms with Crippen LogP contribution in [0.15, 0.2) is 35.0 Å². The Morgan fingerprint density at radius 3 is 2.78 bits per heavy atom. The van der Waals surface area contributed by atoms with Crippen LogP contribution in [0.5, 0.6) is 5.75 Å². The van der Waals surface area contributed by atoms with Gasteiger partial charge in [-0.25, -0.2) is 0 Å². The van der Waals surface area contributed by atoms with Crippen molar-refractivity contribution in [3.8, 4) is 5.75 Å². The second-order valence-corrected chi connectivity index (χ2v) is 5.13. The lowest BCUT2D eigenvalue weighted by atomic mass is 10.0. The van der Waals surface area contributed by atoms with Gasteiger partial charge in [0.15, 0.2) is 0 Å². The molecule has 1 aromatic heterocycles. The van der Waals surface area contributed by atoms with Gasteiger partial charge in [-0.3, -0.25) is 0 Å². The van der Waals surface area contributed by atoms with Gasteiger partial charge in [0, 0.05) is 0 Å². The molecular weight excluding hydrogens is 266 g/mol. The minimum Gasteiger partial charge on any atom is -0.495 e. The highest BCUT2D eigenvalue weighted by Crippen LogP contribution is 2.31. The third kappa shape index (κ3) is 2.86. The van der Waals surface area contributed by atoms with Crippen LogP contribution in [0.2, 0.25) is 5.02 Å². The number of benzene rings is 1. The average Bonchev–Trinajstić information content (AvgIpc) is 2.90. The molecule has 1 heterocycles. The van der Waals surface area contributed by atoms with Gasteiger partial charge in [0.2, 0.25) is 0 Å². The molecule has 96 valence electrons. The average molecular weight is 282 g/mol. The molecule has 0 bridgehead atoms. The van der Waals surface area contributed by atoms with E-state index in [0.29, 0.717) is 10.8 Å². The summed E-state index contributed by atoms with van der Waals surface area (Å²) in [7, 11) is 1.64. The smallest absolute Gasteiger partial charge is 0.137 e. The minimum absolute atomic E-state index is 0.187. The van der Waals surface area contributed by atoms with E-state index in [4.69, 9.17) is 16.3 Å². The van der Waals surface area contributed by atoms with Gasteiger partial charge in [-0.2, -0.15) is 11.3 Å². The number of nitrogens with one attached hydrogen (secondary N) is 1. The van der Waals surface area contributed by atoms with E-state index in [-0.39, 0.29) is 6.04 Å². The second-order valence-electron chi connectivity index (χ2n) is 3.94. The molecule has 0 amide bonds. The molecule has 0 aliphatic heterocycles. The van der Waals surface area contributed by atoms with Crippen LogP contribution in [0.25, 0.3) is 0 Å². The molecule has 18 heavy (non-hydrogen) atoms. The first kappa shape index (κ1) is 13.4. The highest BCUT2D eigenvalue weighted by Gasteiger charge is 2.15. The van der Waals surface area contributed by atoms with Crippen LogP contribution in [-0.2, 0) is 0 Å². The number of hydrogen-bond donors (Lipinski definition) is 1. The van der Waals surface area contributed by atoms with Crippen LogP contribution in [0.4, 0.5) is 0 Å². The zero-order chi connectivity index (χ0) is 13.0. The van der Waals surface area contributed by atoms with Gasteiger partial charge in [0.1, 0.15) is 5.75 Å². The minimum atomic E-state index is 0.187. The first-order valence-electron chi connectivity index (χ1n) is 5.85. The summed E-state index contributed by atoms with van der Waals surface area (Å²) in [6, 6.07) is 8.24. The topological polar surface area (TPSA) is 21.3 Å². The number of ether oxygens (including phenoxy) is 1. The summed E-state index contributed by atoms with van der Waals surface area (Å²) in [6.45, 7) is 3.01. The summed E-state index contributed by atoms with van der Waals surface area (Å²) in [4.78, 5) is 0. The molecule has 2 rings (SSSR count). The fourth-order valence-corrected chi connectivity index (χ4v) is 2.81. The van der Waals surface area contributed by atoms with E-state index < -0.39 is 0 Å². The maximum Gasteiger partial charge on any atom is 0.137 e. The van der Waals surface area contributed by atoms with Crippen LogP contribution < -0.4 is 10.1 Å². The maximum atomic E-state index is 6.06. The van der Waals surface area contributed by atoms with E-state index in [0.717, 1.165) is 12.1 Å². The Labute approximate surface area is 117 Å².